The molecule has 2 aliphatic heterocycles. The van der Waals surface area contributed by atoms with Crippen LogP contribution >= 0.6 is 24.0 Å². The molecule has 5 rings (SSSR count). The smallest absolute Gasteiger partial charge is 0.270 e. The Morgan fingerprint density at radius 1 is 0.950 bits per heavy atom. The van der Waals surface area contributed by atoms with Crippen molar-refractivity contribution in [1.29, 1.82) is 0 Å². The van der Waals surface area contributed by atoms with E-state index in [1.807, 2.05) is 54.6 Å². The van der Waals surface area contributed by atoms with Gasteiger partial charge in [0.2, 0.25) is 5.91 Å². The van der Waals surface area contributed by atoms with E-state index in [0.717, 1.165) is 50.6 Å². The fraction of sp³-hybridized carbons (Fsp3) is 0.233. The van der Waals surface area contributed by atoms with Crippen LogP contribution in [0.2, 0.25) is 0 Å². The van der Waals surface area contributed by atoms with Crippen molar-refractivity contribution < 1.29 is 23.8 Å². The molecule has 0 spiro atoms. The van der Waals surface area contributed by atoms with E-state index < -0.39 is 5.91 Å². The van der Waals surface area contributed by atoms with Gasteiger partial charge in [0, 0.05) is 25.2 Å². The van der Waals surface area contributed by atoms with E-state index in [1.165, 1.54) is 11.8 Å². The summed E-state index contributed by atoms with van der Waals surface area (Å²) >= 11 is 6.80. The first-order valence-corrected chi connectivity index (χ1v) is 14.2. The summed E-state index contributed by atoms with van der Waals surface area (Å²) in [5.74, 6) is 1.32. The monoisotopic (exact) mass is 575 g/mol. The number of thioether (sulfide) groups is 1. The molecule has 2 heterocycles. The van der Waals surface area contributed by atoms with Crippen LogP contribution in [0.5, 0.6) is 17.2 Å². The highest BCUT2D eigenvalue weighted by atomic mass is 32.2. The zero-order valence-corrected chi connectivity index (χ0v) is 23.4. The molecule has 8 nitrogen and oxygen atoms in total. The summed E-state index contributed by atoms with van der Waals surface area (Å²) in [6, 6.07) is 21.4. The predicted molar refractivity (Wildman–Crippen MR) is 161 cm³/mol. The van der Waals surface area contributed by atoms with Crippen LogP contribution in [0.1, 0.15) is 22.3 Å². The third-order valence-electron chi connectivity index (χ3n) is 6.43. The maximum Gasteiger partial charge on any atom is 0.270 e. The Morgan fingerprint density at radius 2 is 1.57 bits per heavy atom. The number of hydrogen-bond acceptors (Lipinski definition) is 8. The summed E-state index contributed by atoms with van der Waals surface area (Å²) in [5.41, 5.74) is 7.24. The van der Waals surface area contributed by atoms with Crippen molar-refractivity contribution in [3.8, 4) is 17.2 Å². The highest BCUT2D eigenvalue weighted by molar-refractivity contribution is 8.27. The molecule has 2 aliphatic rings. The lowest BCUT2D eigenvalue weighted by atomic mass is 10.2. The molecule has 0 bridgehead atoms. The van der Waals surface area contributed by atoms with Crippen LogP contribution in [0.4, 0.5) is 5.69 Å². The van der Waals surface area contributed by atoms with E-state index in [-0.39, 0.29) is 5.91 Å². The number of carbonyl (C=O) groups excluding carboxylic acids is 2. The summed E-state index contributed by atoms with van der Waals surface area (Å²) in [5, 5.41) is 0. The average Bonchev–Trinajstić information content (AvgIpc) is 3.25. The largest absolute Gasteiger partial charge is 0.494 e. The normalized spacial score (nSPS) is 16.9. The van der Waals surface area contributed by atoms with Gasteiger partial charge in [0.15, 0.2) is 4.32 Å². The lowest BCUT2D eigenvalue weighted by Crippen LogP contribution is -2.37. The number of amides is 2. The first-order chi connectivity index (χ1) is 19.5. The van der Waals surface area contributed by atoms with E-state index in [9.17, 15) is 9.59 Å². The van der Waals surface area contributed by atoms with E-state index in [4.69, 9.17) is 32.2 Å². The Labute approximate surface area is 242 Å². The van der Waals surface area contributed by atoms with Gasteiger partial charge in [-0.3, -0.25) is 19.4 Å². The van der Waals surface area contributed by atoms with Crippen LogP contribution < -0.4 is 20.1 Å². The summed E-state index contributed by atoms with van der Waals surface area (Å²) in [4.78, 5) is 28.9. The SMILES string of the molecule is NC(=O)c1ccc(Oc2ccc(/C=C3\SC(=S)N(c4ccc(OCCCN5CCOCC5)cc4)C3=O)cc2)cc1. The number of anilines is 1. The Morgan fingerprint density at radius 3 is 2.23 bits per heavy atom. The molecule has 0 radical (unpaired) electrons. The maximum absolute atomic E-state index is 13.2. The molecule has 0 aromatic heterocycles. The fourth-order valence-corrected chi connectivity index (χ4v) is 5.59. The van der Waals surface area contributed by atoms with Crippen molar-refractivity contribution in [2.75, 3.05) is 44.4 Å². The number of carbonyl (C=O) groups is 2. The van der Waals surface area contributed by atoms with Gasteiger partial charge in [0.1, 0.15) is 17.2 Å². The number of benzene rings is 3. The highest BCUT2D eigenvalue weighted by Crippen LogP contribution is 2.36. The van der Waals surface area contributed by atoms with Crippen LogP contribution in [0.3, 0.4) is 0 Å². The Kier molecular flexibility index (Phi) is 9.12. The third-order valence-corrected chi connectivity index (χ3v) is 7.73. The van der Waals surface area contributed by atoms with Crippen LogP contribution in [-0.2, 0) is 9.53 Å². The minimum absolute atomic E-state index is 0.163. The number of hydrogen-bond donors (Lipinski definition) is 1. The molecule has 2 N–H and O–H groups in total. The topological polar surface area (TPSA) is 94.3 Å². The predicted octanol–water partition coefficient (Wildman–Crippen LogP) is 5.08. The van der Waals surface area contributed by atoms with Crippen LogP contribution in [0.25, 0.3) is 6.08 Å². The first kappa shape index (κ1) is 27.9. The molecular formula is C30H29N3O5S2. The van der Waals surface area contributed by atoms with Crippen LogP contribution in [-0.4, -0.2) is 60.5 Å². The summed E-state index contributed by atoms with van der Waals surface area (Å²) < 4.78 is 17.6. The van der Waals surface area contributed by atoms with Crippen molar-refractivity contribution in [3.63, 3.8) is 0 Å². The molecule has 40 heavy (non-hydrogen) atoms. The first-order valence-electron chi connectivity index (χ1n) is 12.9. The van der Waals surface area contributed by atoms with E-state index in [1.54, 1.807) is 29.2 Å². The fourth-order valence-electron chi connectivity index (χ4n) is 4.29. The van der Waals surface area contributed by atoms with Gasteiger partial charge < -0.3 is 19.9 Å². The number of thiocarbonyl (C=S) groups is 1. The lowest BCUT2D eigenvalue weighted by Gasteiger charge is -2.26. The number of rotatable bonds is 10. The standard InChI is InChI=1S/C30H29N3O5S2/c31-28(34)22-4-10-26(11-5-22)38-25-8-2-21(3-9-25)20-27-29(35)33(30(39)40-27)23-6-12-24(13-7-23)37-17-1-14-32-15-18-36-19-16-32/h2-13,20H,1,14-19H2,(H2,31,34)/b27-20-. The highest BCUT2D eigenvalue weighted by Gasteiger charge is 2.33. The third kappa shape index (κ3) is 7.08. The van der Waals surface area contributed by atoms with Gasteiger partial charge in [-0.05, 0) is 78.7 Å². The number of nitrogens with two attached hydrogens (primary N) is 1. The minimum atomic E-state index is -0.488. The van der Waals surface area contributed by atoms with Crippen molar-refractivity contribution in [1.82, 2.24) is 4.90 Å². The second kappa shape index (κ2) is 13.1. The van der Waals surface area contributed by atoms with Gasteiger partial charge in [0.05, 0.1) is 30.4 Å². The Bertz CT molecular complexity index is 1390. The molecule has 3 aromatic rings. The maximum atomic E-state index is 13.2. The van der Waals surface area contributed by atoms with Gasteiger partial charge in [0.25, 0.3) is 5.91 Å². The minimum Gasteiger partial charge on any atom is -0.494 e. The molecule has 0 atom stereocenters. The van der Waals surface area contributed by atoms with E-state index in [0.29, 0.717) is 38.6 Å². The Balaban J connectivity index is 1.15. The molecule has 2 saturated heterocycles. The van der Waals surface area contributed by atoms with Crippen molar-refractivity contribution in [2.45, 2.75) is 6.42 Å². The zero-order valence-electron chi connectivity index (χ0n) is 21.8. The zero-order chi connectivity index (χ0) is 27.9. The Hall–Kier alpha value is -3.70. The number of morpholine rings is 1. The summed E-state index contributed by atoms with van der Waals surface area (Å²) in [6.07, 6.45) is 2.76. The second-order valence-electron chi connectivity index (χ2n) is 9.23. The second-order valence-corrected chi connectivity index (χ2v) is 10.9. The van der Waals surface area contributed by atoms with Gasteiger partial charge in [-0.2, -0.15) is 0 Å². The summed E-state index contributed by atoms with van der Waals surface area (Å²) in [7, 11) is 0. The number of nitrogens with zero attached hydrogens (tertiary/aromatic N) is 2. The van der Waals surface area contributed by atoms with Crippen LogP contribution in [0, 0.1) is 0 Å². The molecule has 3 aromatic carbocycles. The van der Waals surface area contributed by atoms with E-state index in [2.05, 4.69) is 4.90 Å². The molecule has 2 fully saturated rings. The quantitative estimate of drug-likeness (QED) is 0.203. The molecule has 0 unspecified atom stereocenters. The van der Waals surface area contributed by atoms with Crippen LogP contribution in [0.15, 0.2) is 77.7 Å². The molecule has 0 aliphatic carbocycles. The average molecular weight is 576 g/mol. The van der Waals surface area contributed by atoms with Gasteiger partial charge in [-0.1, -0.05) is 36.1 Å². The lowest BCUT2D eigenvalue weighted by molar-refractivity contribution is -0.113. The molecular weight excluding hydrogens is 546 g/mol. The van der Waals surface area contributed by atoms with Crippen molar-refractivity contribution in [2.24, 2.45) is 5.73 Å². The van der Waals surface area contributed by atoms with Gasteiger partial charge in [-0.15, -0.1) is 0 Å². The van der Waals surface area contributed by atoms with Crippen molar-refractivity contribution in [3.05, 3.63) is 88.8 Å². The molecule has 10 heteroatoms. The van der Waals surface area contributed by atoms with Gasteiger partial charge >= 0.3 is 0 Å². The van der Waals surface area contributed by atoms with Crippen molar-refractivity contribution >= 4 is 51.9 Å². The van der Waals surface area contributed by atoms with Gasteiger partial charge in [-0.25, -0.2) is 0 Å². The number of ether oxygens (including phenoxy) is 3. The summed E-state index contributed by atoms with van der Waals surface area (Å²) in [6.45, 7) is 5.17. The molecule has 0 saturated carbocycles. The number of primary amides is 1. The molecule has 2 amide bonds. The molecule has 206 valence electrons. The van der Waals surface area contributed by atoms with E-state index >= 15 is 0 Å².